The number of hydrogen-bond donors (Lipinski definition) is 1. The Bertz CT molecular complexity index is 1140. The van der Waals surface area contributed by atoms with Crippen molar-refractivity contribution in [3.63, 3.8) is 0 Å². The van der Waals surface area contributed by atoms with Gasteiger partial charge in [-0.2, -0.15) is 26.3 Å². The van der Waals surface area contributed by atoms with Crippen LogP contribution in [0.2, 0.25) is 15.1 Å². The first-order valence-corrected chi connectivity index (χ1v) is 11.5. The van der Waals surface area contributed by atoms with Gasteiger partial charge in [-0.25, -0.2) is 0 Å². The number of carbonyl (C=O) groups excluding carboxylic acids is 2. The van der Waals surface area contributed by atoms with E-state index in [-0.39, 0.29) is 32.6 Å². The summed E-state index contributed by atoms with van der Waals surface area (Å²) in [4.78, 5) is 24.1. The summed E-state index contributed by atoms with van der Waals surface area (Å²) in [7, 11) is 0. The van der Waals surface area contributed by atoms with Crippen LogP contribution in [-0.4, -0.2) is 30.1 Å². The normalized spacial score (nSPS) is 14.1. The summed E-state index contributed by atoms with van der Waals surface area (Å²) < 4.78 is 78.7. The minimum atomic E-state index is -4.66. The SMILES string of the molecule is Cc1cc(/C=C/C(c2cc(Cl)c(Cl)c(Cl)c2)C(F)(F)F)ccc1C(=O)CCC(=O)NC(C)C(F)(F)F. The van der Waals surface area contributed by atoms with E-state index in [1.165, 1.54) is 24.3 Å². The molecule has 1 N–H and O–H groups in total. The van der Waals surface area contributed by atoms with Gasteiger partial charge >= 0.3 is 12.4 Å². The van der Waals surface area contributed by atoms with Gasteiger partial charge in [0, 0.05) is 18.4 Å². The summed E-state index contributed by atoms with van der Waals surface area (Å²) >= 11 is 17.6. The predicted molar refractivity (Wildman–Crippen MR) is 128 cm³/mol. The first-order chi connectivity index (χ1) is 16.5. The second kappa shape index (κ2) is 11.9. The second-order valence-corrected chi connectivity index (χ2v) is 9.20. The molecule has 36 heavy (non-hydrogen) atoms. The molecule has 0 aliphatic rings. The Morgan fingerprint density at radius 1 is 0.944 bits per heavy atom. The number of nitrogens with one attached hydrogen (secondary N) is 1. The number of Topliss-reactive ketones (excluding diaryl/α,β-unsaturated/α-hetero) is 1. The third kappa shape index (κ3) is 8.15. The van der Waals surface area contributed by atoms with E-state index in [0.29, 0.717) is 11.1 Å². The predicted octanol–water partition coefficient (Wildman–Crippen LogP) is 8.34. The number of carbonyl (C=O) groups is 2. The van der Waals surface area contributed by atoms with Crippen molar-refractivity contribution < 1.29 is 35.9 Å². The van der Waals surface area contributed by atoms with Crippen molar-refractivity contribution in [3.05, 3.63) is 73.7 Å². The van der Waals surface area contributed by atoms with Gasteiger partial charge in [-0.3, -0.25) is 9.59 Å². The van der Waals surface area contributed by atoms with Crippen molar-refractivity contribution in [2.45, 2.75) is 51.0 Å². The van der Waals surface area contributed by atoms with Gasteiger partial charge in [-0.05, 0) is 42.7 Å². The third-order valence-corrected chi connectivity index (χ3v) is 6.39. The van der Waals surface area contributed by atoms with Crippen LogP contribution < -0.4 is 5.32 Å². The van der Waals surface area contributed by atoms with E-state index in [1.54, 1.807) is 12.2 Å². The van der Waals surface area contributed by atoms with Crippen LogP contribution in [0.3, 0.4) is 0 Å². The molecule has 0 saturated carbocycles. The molecular weight excluding hydrogens is 555 g/mol. The summed E-state index contributed by atoms with van der Waals surface area (Å²) in [6, 6.07) is 4.39. The van der Waals surface area contributed by atoms with Crippen molar-refractivity contribution >= 4 is 52.6 Å². The Labute approximate surface area is 218 Å². The lowest BCUT2D eigenvalue weighted by Crippen LogP contribution is -2.43. The minimum Gasteiger partial charge on any atom is -0.345 e. The lowest BCUT2D eigenvalue weighted by atomic mass is 9.95. The molecule has 0 heterocycles. The molecule has 3 nitrogen and oxygen atoms in total. The van der Waals surface area contributed by atoms with E-state index in [9.17, 15) is 35.9 Å². The summed E-state index contributed by atoms with van der Waals surface area (Å²) in [6.07, 6.45) is -7.90. The fourth-order valence-electron chi connectivity index (χ4n) is 3.23. The monoisotopic (exact) mass is 573 g/mol. The smallest absolute Gasteiger partial charge is 0.345 e. The van der Waals surface area contributed by atoms with E-state index in [4.69, 9.17) is 34.8 Å². The Hall–Kier alpha value is -2.23. The summed E-state index contributed by atoms with van der Waals surface area (Å²) in [5, 5.41) is 1.47. The molecule has 0 spiro atoms. The van der Waals surface area contributed by atoms with Crippen LogP contribution in [0.15, 0.2) is 36.4 Å². The van der Waals surface area contributed by atoms with Crippen molar-refractivity contribution in [1.82, 2.24) is 5.32 Å². The lowest BCUT2D eigenvalue weighted by molar-refractivity contribution is -0.158. The van der Waals surface area contributed by atoms with Crippen LogP contribution in [0.4, 0.5) is 26.3 Å². The molecule has 0 aliphatic heterocycles. The molecule has 2 aromatic carbocycles. The van der Waals surface area contributed by atoms with E-state index in [1.807, 2.05) is 0 Å². The van der Waals surface area contributed by atoms with Gasteiger partial charge in [0.25, 0.3) is 0 Å². The Morgan fingerprint density at radius 3 is 2.03 bits per heavy atom. The Balaban J connectivity index is 2.15. The van der Waals surface area contributed by atoms with Crippen LogP contribution in [0.5, 0.6) is 0 Å². The number of aryl methyl sites for hydroxylation is 1. The van der Waals surface area contributed by atoms with E-state index >= 15 is 0 Å². The molecule has 0 radical (unpaired) electrons. The number of amides is 1. The van der Waals surface area contributed by atoms with Crippen LogP contribution in [-0.2, 0) is 4.79 Å². The number of benzene rings is 2. The number of allylic oxidation sites excluding steroid dienone is 1. The molecule has 2 aromatic rings. The fraction of sp³-hybridized carbons (Fsp3) is 0.333. The van der Waals surface area contributed by atoms with Gasteiger partial charge in [-0.1, -0.05) is 65.2 Å². The molecule has 2 atom stereocenters. The lowest BCUT2D eigenvalue weighted by Gasteiger charge is -2.18. The van der Waals surface area contributed by atoms with Crippen LogP contribution >= 0.6 is 34.8 Å². The quantitative estimate of drug-likeness (QED) is 0.196. The van der Waals surface area contributed by atoms with Crippen LogP contribution in [0.1, 0.15) is 52.7 Å². The zero-order valence-electron chi connectivity index (χ0n) is 18.8. The maximum atomic E-state index is 13.7. The van der Waals surface area contributed by atoms with Crippen LogP contribution in [0.25, 0.3) is 6.08 Å². The number of hydrogen-bond acceptors (Lipinski definition) is 2. The Morgan fingerprint density at radius 2 is 1.53 bits per heavy atom. The Kier molecular flexibility index (Phi) is 9.90. The zero-order valence-corrected chi connectivity index (χ0v) is 21.1. The summed E-state index contributed by atoms with van der Waals surface area (Å²) in [6.45, 7) is 2.34. The highest BCUT2D eigenvalue weighted by atomic mass is 35.5. The number of rotatable bonds is 8. The maximum absolute atomic E-state index is 13.7. The zero-order chi connectivity index (χ0) is 27.4. The van der Waals surface area contributed by atoms with Crippen molar-refractivity contribution in [1.29, 1.82) is 0 Å². The fourth-order valence-corrected chi connectivity index (χ4v) is 3.84. The van der Waals surface area contributed by atoms with Gasteiger partial charge in [0.2, 0.25) is 5.91 Å². The van der Waals surface area contributed by atoms with Gasteiger partial charge in [0.15, 0.2) is 5.78 Å². The molecule has 2 rings (SSSR count). The molecular formula is C24H20Cl3F6NO2. The average Bonchev–Trinajstić information content (AvgIpc) is 2.74. The number of alkyl halides is 6. The average molecular weight is 575 g/mol. The second-order valence-electron chi connectivity index (χ2n) is 8.01. The highest BCUT2D eigenvalue weighted by Crippen LogP contribution is 2.41. The van der Waals surface area contributed by atoms with Crippen molar-refractivity contribution in [3.8, 4) is 0 Å². The van der Waals surface area contributed by atoms with E-state index < -0.39 is 42.4 Å². The van der Waals surface area contributed by atoms with Gasteiger partial charge in [-0.15, -0.1) is 0 Å². The first-order valence-electron chi connectivity index (χ1n) is 10.4. The number of ketones is 1. The minimum absolute atomic E-state index is 0.0600. The molecule has 0 aliphatic carbocycles. The summed E-state index contributed by atoms with van der Waals surface area (Å²) in [5.74, 6) is -3.45. The first kappa shape index (κ1) is 30.0. The molecule has 196 valence electrons. The maximum Gasteiger partial charge on any atom is 0.408 e. The third-order valence-electron chi connectivity index (χ3n) is 5.20. The molecule has 12 heteroatoms. The topological polar surface area (TPSA) is 46.2 Å². The molecule has 0 bridgehead atoms. The van der Waals surface area contributed by atoms with Crippen LogP contribution in [0, 0.1) is 6.92 Å². The van der Waals surface area contributed by atoms with Crippen molar-refractivity contribution in [2.24, 2.45) is 0 Å². The van der Waals surface area contributed by atoms with E-state index in [0.717, 1.165) is 25.1 Å². The van der Waals surface area contributed by atoms with Gasteiger partial charge in [0.05, 0.1) is 21.0 Å². The highest BCUT2D eigenvalue weighted by molar-refractivity contribution is 6.48. The molecule has 0 aromatic heterocycles. The molecule has 0 fully saturated rings. The molecule has 0 saturated heterocycles. The molecule has 2 unspecified atom stereocenters. The van der Waals surface area contributed by atoms with Gasteiger partial charge < -0.3 is 5.32 Å². The molecule has 1 amide bonds. The standard InChI is InChI=1S/C24H20Cl3F6NO2/c1-12-9-14(3-5-16(12)20(35)7-8-21(36)34-13(2)23(28,29)30)4-6-17(24(31,32)33)15-10-18(25)22(27)19(26)11-15/h3-6,9-11,13,17H,7-8H2,1-2H3,(H,34,36)/b6-4+. The van der Waals surface area contributed by atoms with Crippen molar-refractivity contribution in [2.75, 3.05) is 0 Å². The number of halogens is 9. The highest BCUT2D eigenvalue weighted by Gasteiger charge is 2.39. The summed E-state index contributed by atoms with van der Waals surface area (Å²) in [5.41, 5.74) is 0.779. The largest absolute Gasteiger partial charge is 0.408 e. The van der Waals surface area contributed by atoms with Gasteiger partial charge in [0.1, 0.15) is 6.04 Å². The van der Waals surface area contributed by atoms with E-state index in [2.05, 4.69) is 0 Å².